The summed E-state index contributed by atoms with van der Waals surface area (Å²) >= 11 is 0. The second-order valence-electron chi connectivity index (χ2n) is 8.78. The van der Waals surface area contributed by atoms with E-state index in [0.29, 0.717) is 25.3 Å². The quantitative estimate of drug-likeness (QED) is 0.776. The third-order valence-electron chi connectivity index (χ3n) is 5.12. The molecule has 1 aliphatic rings. The number of amides is 1. The van der Waals surface area contributed by atoms with Gasteiger partial charge in [0.15, 0.2) is 0 Å². The van der Waals surface area contributed by atoms with Crippen molar-refractivity contribution >= 4 is 6.09 Å². The monoisotopic (exact) mass is 359 g/mol. The van der Waals surface area contributed by atoms with Crippen LogP contribution in [0.1, 0.15) is 59.4 Å². The van der Waals surface area contributed by atoms with Crippen LogP contribution in [0.5, 0.6) is 0 Å². The molecule has 3 unspecified atom stereocenters. The number of carbonyl (C=O) groups is 1. The smallest absolute Gasteiger partial charge is 0.410 e. The Kier molecular flexibility index (Phi) is 6.17. The number of rotatable bonds is 4. The van der Waals surface area contributed by atoms with Gasteiger partial charge in [-0.3, -0.25) is 4.90 Å². The molecule has 1 aromatic rings. The van der Waals surface area contributed by atoms with Gasteiger partial charge in [-0.15, -0.1) is 0 Å². The number of hydrogen-bond donors (Lipinski definition) is 1. The number of carbonyl (C=O) groups excluding carboxylic acids is 1. The van der Waals surface area contributed by atoms with E-state index in [0.717, 1.165) is 17.6 Å². The molecule has 0 heterocycles. The number of allylic oxidation sites excluding steroid dienone is 1. The minimum absolute atomic E-state index is 0.306. The third kappa shape index (κ3) is 5.34. The van der Waals surface area contributed by atoms with Crippen molar-refractivity contribution in [2.45, 2.75) is 77.7 Å². The first-order valence-corrected chi connectivity index (χ1v) is 9.41. The van der Waals surface area contributed by atoms with Crippen LogP contribution in [0, 0.1) is 5.92 Å². The number of ether oxygens (including phenoxy) is 1. The van der Waals surface area contributed by atoms with E-state index in [1.54, 1.807) is 4.90 Å². The summed E-state index contributed by atoms with van der Waals surface area (Å²) in [4.78, 5) is 14.7. The zero-order valence-corrected chi connectivity index (χ0v) is 16.8. The van der Waals surface area contributed by atoms with E-state index in [9.17, 15) is 9.90 Å². The van der Waals surface area contributed by atoms with E-state index in [1.807, 2.05) is 65.0 Å². The van der Waals surface area contributed by atoms with Crippen LogP contribution < -0.4 is 0 Å². The van der Waals surface area contributed by atoms with E-state index < -0.39 is 11.2 Å². The van der Waals surface area contributed by atoms with Crippen LogP contribution in [-0.2, 0) is 11.3 Å². The molecule has 26 heavy (non-hydrogen) atoms. The predicted molar refractivity (Wildman–Crippen MR) is 105 cm³/mol. The van der Waals surface area contributed by atoms with Gasteiger partial charge in [0.2, 0.25) is 0 Å². The summed E-state index contributed by atoms with van der Waals surface area (Å²) in [6.07, 6.45) is 1.86. The summed E-state index contributed by atoms with van der Waals surface area (Å²) in [7, 11) is 0. The molecule has 0 radical (unpaired) electrons. The lowest BCUT2D eigenvalue weighted by atomic mass is 9.73. The Balaban J connectivity index is 2.33. The van der Waals surface area contributed by atoms with Gasteiger partial charge in [-0.2, -0.15) is 0 Å². The molecule has 1 aliphatic carbocycles. The summed E-state index contributed by atoms with van der Waals surface area (Å²) in [5, 5.41) is 11.1. The van der Waals surface area contributed by atoms with E-state index in [-0.39, 0.29) is 12.1 Å². The molecule has 0 aliphatic heterocycles. The summed E-state index contributed by atoms with van der Waals surface area (Å²) < 4.78 is 5.67. The average Bonchev–Trinajstić information content (AvgIpc) is 2.52. The van der Waals surface area contributed by atoms with Crippen LogP contribution in [-0.4, -0.2) is 33.3 Å². The molecular weight excluding hydrogens is 326 g/mol. The molecule has 1 N–H and O–H groups in total. The fourth-order valence-electron chi connectivity index (χ4n) is 3.59. The maximum atomic E-state index is 13.0. The van der Waals surface area contributed by atoms with Crippen molar-refractivity contribution in [3.8, 4) is 0 Å². The van der Waals surface area contributed by atoms with Crippen molar-refractivity contribution in [2.24, 2.45) is 5.92 Å². The van der Waals surface area contributed by atoms with Crippen LogP contribution in [0.3, 0.4) is 0 Å². The first-order valence-electron chi connectivity index (χ1n) is 9.41. The molecule has 4 heteroatoms. The molecule has 0 bridgehead atoms. The van der Waals surface area contributed by atoms with Crippen LogP contribution in [0.25, 0.3) is 0 Å². The maximum Gasteiger partial charge on any atom is 0.410 e. The molecule has 1 amide bonds. The summed E-state index contributed by atoms with van der Waals surface area (Å²) in [5.41, 5.74) is 0.596. The first-order chi connectivity index (χ1) is 12.0. The normalized spacial score (nSPS) is 26.2. The van der Waals surface area contributed by atoms with Crippen LogP contribution >= 0.6 is 0 Å². The fourth-order valence-corrected chi connectivity index (χ4v) is 3.59. The minimum Gasteiger partial charge on any atom is -0.444 e. The minimum atomic E-state index is -0.947. The average molecular weight is 360 g/mol. The van der Waals surface area contributed by atoms with Gasteiger partial charge in [0.1, 0.15) is 5.60 Å². The Labute approximate surface area is 157 Å². The highest BCUT2D eigenvalue weighted by molar-refractivity contribution is 5.69. The SMILES string of the molecule is C=C(C)C1CCC(C)(O)C(N(Cc2ccccc2)C(=O)OC(C)(C)C)C1. The summed E-state index contributed by atoms with van der Waals surface area (Å²) in [5.74, 6) is 0.306. The zero-order valence-electron chi connectivity index (χ0n) is 16.8. The van der Waals surface area contributed by atoms with Crippen LogP contribution in [0.15, 0.2) is 42.5 Å². The molecule has 0 aromatic heterocycles. The number of nitrogens with zero attached hydrogens (tertiary/aromatic N) is 1. The summed E-state index contributed by atoms with van der Waals surface area (Å²) in [6.45, 7) is 13.9. The Morgan fingerprint density at radius 3 is 2.50 bits per heavy atom. The van der Waals surface area contributed by atoms with Crippen molar-refractivity contribution in [1.29, 1.82) is 0 Å². The maximum absolute atomic E-state index is 13.0. The van der Waals surface area contributed by atoms with Crippen LogP contribution in [0.4, 0.5) is 4.79 Å². The zero-order chi connectivity index (χ0) is 19.5. The topological polar surface area (TPSA) is 49.8 Å². The second kappa shape index (κ2) is 7.83. The molecule has 0 saturated heterocycles. The van der Waals surface area contributed by atoms with E-state index >= 15 is 0 Å². The van der Waals surface area contributed by atoms with Gasteiger partial charge in [0.25, 0.3) is 0 Å². The molecule has 3 atom stereocenters. The van der Waals surface area contributed by atoms with Crippen LogP contribution in [0.2, 0.25) is 0 Å². The molecular formula is C22H33NO3. The van der Waals surface area contributed by atoms with Gasteiger partial charge in [0.05, 0.1) is 11.6 Å². The lowest BCUT2D eigenvalue weighted by Crippen LogP contribution is -2.56. The number of hydrogen-bond acceptors (Lipinski definition) is 3. The molecule has 1 aromatic carbocycles. The fraction of sp³-hybridized carbons (Fsp3) is 0.591. The van der Waals surface area contributed by atoms with Crippen molar-refractivity contribution in [3.63, 3.8) is 0 Å². The standard InChI is InChI=1S/C22H33NO3/c1-16(2)18-12-13-22(6,25)19(14-18)23(20(24)26-21(3,4)5)15-17-10-8-7-9-11-17/h7-11,18-19,25H,1,12-15H2,2-6H3. The first kappa shape index (κ1) is 20.5. The largest absolute Gasteiger partial charge is 0.444 e. The van der Waals surface area contributed by atoms with Gasteiger partial charge in [-0.05, 0) is 65.4 Å². The molecule has 144 valence electrons. The Bertz CT molecular complexity index is 631. The van der Waals surface area contributed by atoms with Gasteiger partial charge in [-0.25, -0.2) is 4.79 Å². The van der Waals surface area contributed by atoms with E-state index in [4.69, 9.17) is 4.74 Å². The molecule has 0 spiro atoms. The number of benzene rings is 1. The van der Waals surface area contributed by atoms with E-state index in [2.05, 4.69) is 6.58 Å². The lowest BCUT2D eigenvalue weighted by molar-refractivity contribution is -0.0763. The highest BCUT2D eigenvalue weighted by atomic mass is 16.6. The second-order valence-corrected chi connectivity index (χ2v) is 8.78. The van der Waals surface area contributed by atoms with E-state index in [1.165, 1.54) is 0 Å². The molecule has 1 fully saturated rings. The molecule has 1 saturated carbocycles. The third-order valence-corrected chi connectivity index (χ3v) is 5.12. The predicted octanol–water partition coefficient (Wildman–Crippen LogP) is 4.92. The highest BCUT2D eigenvalue weighted by Crippen LogP contribution is 2.39. The number of aliphatic hydroxyl groups is 1. The van der Waals surface area contributed by atoms with Crippen molar-refractivity contribution in [2.75, 3.05) is 0 Å². The Morgan fingerprint density at radius 1 is 1.35 bits per heavy atom. The van der Waals surface area contributed by atoms with Crippen molar-refractivity contribution < 1.29 is 14.6 Å². The Morgan fingerprint density at radius 2 is 1.96 bits per heavy atom. The van der Waals surface area contributed by atoms with Gasteiger partial charge in [-0.1, -0.05) is 42.5 Å². The van der Waals surface area contributed by atoms with Gasteiger partial charge >= 0.3 is 6.09 Å². The van der Waals surface area contributed by atoms with Crippen molar-refractivity contribution in [3.05, 3.63) is 48.0 Å². The lowest BCUT2D eigenvalue weighted by Gasteiger charge is -2.46. The summed E-state index contributed by atoms with van der Waals surface area (Å²) in [6, 6.07) is 9.54. The highest BCUT2D eigenvalue weighted by Gasteiger charge is 2.44. The molecule has 2 rings (SSSR count). The van der Waals surface area contributed by atoms with Gasteiger partial charge < -0.3 is 9.84 Å². The van der Waals surface area contributed by atoms with Gasteiger partial charge in [0, 0.05) is 6.54 Å². The Hall–Kier alpha value is -1.81. The van der Waals surface area contributed by atoms with Crippen molar-refractivity contribution in [1.82, 2.24) is 4.90 Å². The molecule has 4 nitrogen and oxygen atoms in total.